The molecule has 0 amide bonds. The van der Waals surface area contributed by atoms with Crippen LogP contribution >= 0.6 is 0 Å². The molecule has 0 aromatic carbocycles. The lowest BCUT2D eigenvalue weighted by atomic mass is 10.2. The molecule has 0 saturated heterocycles. The molecule has 1 rings (SSSR count). The van der Waals surface area contributed by atoms with Crippen molar-refractivity contribution in [1.29, 1.82) is 0 Å². The largest absolute Gasteiger partial charge is 0.0988 e. The maximum Gasteiger partial charge on any atom is -0.0279 e. The van der Waals surface area contributed by atoms with E-state index in [2.05, 4.69) is 12.7 Å². The van der Waals surface area contributed by atoms with Crippen LogP contribution in [0.25, 0.3) is 0 Å². The Morgan fingerprint density at radius 2 is 2.57 bits per heavy atom. The van der Waals surface area contributed by atoms with Crippen molar-refractivity contribution in [2.24, 2.45) is 0 Å². The van der Waals surface area contributed by atoms with Gasteiger partial charge in [-0.1, -0.05) is 24.3 Å². The number of hydrogen-bond donors (Lipinski definition) is 0. The van der Waals surface area contributed by atoms with E-state index in [0.29, 0.717) is 0 Å². The van der Waals surface area contributed by atoms with Gasteiger partial charge in [-0.15, -0.1) is 0 Å². The zero-order valence-electron chi connectivity index (χ0n) is 4.48. The second-order valence-corrected chi connectivity index (χ2v) is 1.88. The summed E-state index contributed by atoms with van der Waals surface area (Å²) >= 11 is 0. The van der Waals surface area contributed by atoms with Gasteiger partial charge < -0.3 is 0 Å². The van der Waals surface area contributed by atoms with Crippen molar-refractivity contribution in [3.63, 3.8) is 0 Å². The summed E-state index contributed by atoms with van der Waals surface area (Å²) in [6.07, 6.45) is 8.06. The summed E-state index contributed by atoms with van der Waals surface area (Å²) < 4.78 is 0. The highest BCUT2D eigenvalue weighted by atomic mass is 14.0. The molecule has 0 spiro atoms. The first-order chi connectivity index (χ1) is 3.43. The summed E-state index contributed by atoms with van der Waals surface area (Å²) in [7, 11) is 0. The highest BCUT2D eigenvalue weighted by Crippen LogP contribution is 2.17. The van der Waals surface area contributed by atoms with Crippen LogP contribution in [0.1, 0.15) is 19.3 Å². The second-order valence-electron chi connectivity index (χ2n) is 1.88. The molecule has 0 heteroatoms. The van der Waals surface area contributed by atoms with E-state index in [1.54, 1.807) is 0 Å². The van der Waals surface area contributed by atoms with Crippen molar-refractivity contribution in [3.8, 4) is 0 Å². The average Bonchev–Trinajstić information content (AvgIpc) is 2.14. The Balaban J connectivity index is 2.51. The molecule has 1 aliphatic carbocycles. The minimum Gasteiger partial charge on any atom is -0.0988 e. The van der Waals surface area contributed by atoms with E-state index in [9.17, 15) is 0 Å². The topological polar surface area (TPSA) is 0 Å². The Labute approximate surface area is 44.5 Å². The van der Waals surface area contributed by atoms with E-state index in [0.717, 1.165) is 0 Å². The maximum absolute atomic E-state index is 3.67. The van der Waals surface area contributed by atoms with Crippen molar-refractivity contribution in [2.45, 2.75) is 19.3 Å². The van der Waals surface area contributed by atoms with Gasteiger partial charge in [0.05, 0.1) is 0 Å². The molecule has 0 aliphatic heterocycles. The zero-order chi connectivity index (χ0) is 5.11. The van der Waals surface area contributed by atoms with Crippen LogP contribution in [0.4, 0.5) is 0 Å². The molecule has 0 unspecified atom stereocenters. The molecule has 0 heterocycles. The predicted octanol–water partition coefficient (Wildman–Crippen LogP) is 2.28. The summed E-state index contributed by atoms with van der Waals surface area (Å²) in [5.41, 5.74) is 1.43. The minimum absolute atomic E-state index is 1.25. The molecule has 0 N–H and O–H groups in total. The maximum atomic E-state index is 3.67. The molecule has 0 nitrogen and oxygen atoms in total. The fourth-order valence-electron chi connectivity index (χ4n) is 0.881. The first-order valence-corrected chi connectivity index (χ1v) is 2.75. The van der Waals surface area contributed by atoms with Gasteiger partial charge in [0, 0.05) is 0 Å². The van der Waals surface area contributed by atoms with Crippen LogP contribution in [-0.2, 0) is 0 Å². The number of allylic oxidation sites excluding steroid dienone is 3. The highest BCUT2D eigenvalue weighted by molar-refractivity contribution is 5.19. The van der Waals surface area contributed by atoms with Crippen LogP contribution in [0.3, 0.4) is 0 Å². The third kappa shape index (κ3) is 0.923. The van der Waals surface area contributed by atoms with Crippen molar-refractivity contribution in [1.82, 2.24) is 0 Å². The molecule has 0 fully saturated rings. The molecule has 0 saturated carbocycles. The van der Waals surface area contributed by atoms with Gasteiger partial charge in [0.25, 0.3) is 0 Å². The summed E-state index contributed by atoms with van der Waals surface area (Å²) in [4.78, 5) is 0. The van der Waals surface area contributed by atoms with E-state index in [4.69, 9.17) is 0 Å². The fourth-order valence-corrected chi connectivity index (χ4v) is 0.881. The van der Waals surface area contributed by atoms with E-state index in [1.165, 1.54) is 24.8 Å². The monoisotopic (exact) mass is 94.1 g/mol. The summed E-state index contributed by atoms with van der Waals surface area (Å²) in [5.74, 6) is 0. The van der Waals surface area contributed by atoms with Crippen molar-refractivity contribution in [2.75, 3.05) is 0 Å². The first kappa shape index (κ1) is 4.63. The third-order valence-corrected chi connectivity index (χ3v) is 1.34. The summed E-state index contributed by atoms with van der Waals surface area (Å²) in [5, 5.41) is 0. The number of rotatable bonds is 1. The molecule has 1 aliphatic rings. The molecular formula is C7H10. The molecule has 0 bridgehead atoms. The van der Waals surface area contributed by atoms with Crippen molar-refractivity contribution >= 4 is 0 Å². The molecule has 0 aromatic heterocycles. The van der Waals surface area contributed by atoms with Crippen molar-refractivity contribution in [3.05, 3.63) is 24.3 Å². The predicted molar refractivity (Wildman–Crippen MR) is 32.1 cm³/mol. The summed E-state index contributed by atoms with van der Waals surface area (Å²) in [6, 6.07) is 0. The molecule has 0 atom stereocenters. The van der Waals surface area contributed by atoms with Crippen LogP contribution in [0.5, 0.6) is 0 Å². The molecule has 0 radical (unpaired) electrons. The normalized spacial score (nSPS) is 19.1. The van der Waals surface area contributed by atoms with Gasteiger partial charge in [-0.05, 0) is 19.3 Å². The van der Waals surface area contributed by atoms with Crippen molar-refractivity contribution < 1.29 is 0 Å². The van der Waals surface area contributed by atoms with Crippen LogP contribution in [0.15, 0.2) is 24.3 Å². The minimum atomic E-state index is 1.25. The Bertz CT molecular complexity index is 98.6. The third-order valence-electron chi connectivity index (χ3n) is 1.34. The molecule has 0 aromatic rings. The van der Waals surface area contributed by atoms with E-state index in [-0.39, 0.29) is 0 Å². The van der Waals surface area contributed by atoms with Gasteiger partial charge in [-0.3, -0.25) is 0 Å². The van der Waals surface area contributed by atoms with E-state index >= 15 is 0 Å². The van der Waals surface area contributed by atoms with Crippen LogP contribution < -0.4 is 0 Å². The lowest BCUT2D eigenvalue weighted by Crippen LogP contribution is -1.63. The number of hydrogen-bond acceptors (Lipinski definition) is 0. The van der Waals surface area contributed by atoms with Gasteiger partial charge in [0.15, 0.2) is 0 Å². The lowest BCUT2D eigenvalue weighted by Gasteiger charge is -1.83. The molecule has 7 heavy (non-hydrogen) atoms. The Kier molecular flexibility index (Phi) is 1.30. The SMILES string of the molecule is C=CC1=CCCC1. The lowest BCUT2D eigenvalue weighted by molar-refractivity contribution is 0.916. The first-order valence-electron chi connectivity index (χ1n) is 2.75. The molecule has 38 valence electrons. The standard InChI is InChI=1S/C7H10/c1-2-7-5-3-4-6-7/h2,5H,1,3-4,6H2. The van der Waals surface area contributed by atoms with Crippen LogP contribution in [-0.4, -0.2) is 0 Å². The Hall–Kier alpha value is -0.520. The quantitative estimate of drug-likeness (QED) is 0.467. The molecular weight excluding hydrogens is 84.1 g/mol. The highest BCUT2D eigenvalue weighted by Gasteiger charge is 1.97. The smallest absolute Gasteiger partial charge is 0.0279 e. The van der Waals surface area contributed by atoms with Crippen LogP contribution in [0, 0.1) is 0 Å². The van der Waals surface area contributed by atoms with Gasteiger partial charge in [-0.25, -0.2) is 0 Å². The van der Waals surface area contributed by atoms with Gasteiger partial charge >= 0.3 is 0 Å². The zero-order valence-corrected chi connectivity index (χ0v) is 4.48. The average molecular weight is 94.2 g/mol. The van der Waals surface area contributed by atoms with E-state index < -0.39 is 0 Å². The fraction of sp³-hybridized carbons (Fsp3) is 0.429. The van der Waals surface area contributed by atoms with Gasteiger partial charge in [0.2, 0.25) is 0 Å². The van der Waals surface area contributed by atoms with Gasteiger partial charge in [0.1, 0.15) is 0 Å². The second kappa shape index (κ2) is 1.97. The van der Waals surface area contributed by atoms with E-state index in [1.807, 2.05) is 6.08 Å². The van der Waals surface area contributed by atoms with Gasteiger partial charge in [-0.2, -0.15) is 0 Å². The van der Waals surface area contributed by atoms with Crippen LogP contribution in [0.2, 0.25) is 0 Å². The summed E-state index contributed by atoms with van der Waals surface area (Å²) in [6.45, 7) is 3.67. The Morgan fingerprint density at radius 1 is 1.71 bits per heavy atom. The Morgan fingerprint density at radius 3 is 2.86 bits per heavy atom.